The molecule has 0 saturated carbocycles. The van der Waals surface area contributed by atoms with Crippen LogP contribution in [0.3, 0.4) is 0 Å². The lowest BCUT2D eigenvalue weighted by molar-refractivity contribution is 0.360. The minimum Gasteiger partial charge on any atom is -0.496 e. The third kappa shape index (κ3) is 3.57. The molecular formula is C23H22F3NO3. The lowest BCUT2D eigenvalue weighted by Gasteiger charge is -2.17. The van der Waals surface area contributed by atoms with E-state index < -0.39 is 17.5 Å². The maximum atomic E-state index is 15.0. The summed E-state index contributed by atoms with van der Waals surface area (Å²) in [6.45, 7) is 1.69. The van der Waals surface area contributed by atoms with E-state index in [1.165, 1.54) is 27.4 Å². The number of halogens is 3. The average Bonchev–Trinajstić information content (AvgIpc) is 2.74. The Balaban J connectivity index is 2.27. The van der Waals surface area contributed by atoms with Gasteiger partial charge in [0.25, 0.3) is 0 Å². The van der Waals surface area contributed by atoms with E-state index in [1.54, 1.807) is 31.2 Å². The van der Waals surface area contributed by atoms with Crippen molar-refractivity contribution < 1.29 is 27.4 Å². The minimum absolute atomic E-state index is 0.0195. The van der Waals surface area contributed by atoms with Crippen LogP contribution in [0, 0.1) is 24.4 Å². The zero-order valence-electron chi connectivity index (χ0n) is 17.1. The van der Waals surface area contributed by atoms with Crippen molar-refractivity contribution >= 4 is 0 Å². The van der Waals surface area contributed by atoms with E-state index in [1.807, 2.05) is 0 Å². The van der Waals surface area contributed by atoms with Crippen LogP contribution in [0.1, 0.15) is 11.1 Å². The summed E-state index contributed by atoms with van der Waals surface area (Å²) >= 11 is 0. The van der Waals surface area contributed by atoms with Crippen LogP contribution < -0.4 is 19.9 Å². The average molecular weight is 417 g/mol. The number of ether oxygens (including phenoxy) is 3. The Hall–Kier alpha value is -3.19. The highest BCUT2D eigenvalue weighted by Gasteiger charge is 2.24. The van der Waals surface area contributed by atoms with E-state index >= 15 is 8.78 Å². The van der Waals surface area contributed by atoms with Crippen molar-refractivity contribution in [3.05, 3.63) is 65.0 Å². The molecule has 0 bridgehead atoms. The summed E-state index contributed by atoms with van der Waals surface area (Å²) in [6.07, 6.45) is 0. The second kappa shape index (κ2) is 8.67. The number of benzene rings is 3. The SMILES string of the molecule is COc1cc(OC)c(F)c(-c2cccc(-c3cc(F)c(CN)c(OC)c3)c2C)c1F. The maximum Gasteiger partial charge on any atom is 0.176 e. The lowest BCUT2D eigenvalue weighted by Crippen LogP contribution is -2.04. The molecule has 0 aliphatic rings. The van der Waals surface area contributed by atoms with Gasteiger partial charge >= 0.3 is 0 Å². The second-order valence-corrected chi connectivity index (χ2v) is 6.61. The van der Waals surface area contributed by atoms with Gasteiger partial charge in [-0.1, -0.05) is 18.2 Å². The predicted octanol–water partition coefficient (Wildman–Crippen LogP) is 5.23. The van der Waals surface area contributed by atoms with Crippen LogP contribution in [-0.4, -0.2) is 21.3 Å². The third-order valence-electron chi connectivity index (χ3n) is 5.07. The summed E-state index contributed by atoms with van der Waals surface area (Å²) < 4.78 is 59.9. The maximum absolute atomic E-state index is 15.0. The molecule has 3 aromatic carbocycles. The fourth-order valence-electron chi connectivity index (χ4n) is 3.49. The van der Waals surface area contributed by atoms with Crippen molar-refractivity contribution in [2.24, 2.45) is 5.73 Å². The molecule has 3 aromatic rings. The van der Waals surface area contributed by atoms with Crippen LogP contribution in [0.15, 0.2) is 36.4 Å². The van der Waals surface area contributed by atoms with Crippen molar-refractivity contribution in [2.75, 3.05) is 21.3 Å². The highest BCUT2D eigenvalue weighted by Crippen LogP contribution is 2.41. The van der Waals surface area contributed by atoms with Gasteiger partial charge in [-0.2, -0.15) is 0 Å². The van der Waals surface area contributed by atoms with Crippen LogP contribution in [0.4, 0.5) is 13.2 Å². The molecule has 3 rings (SSSR count). The standard InChI is InChI=1S/C23H22F3NO3/c1-12-14(13-8-17(24)16(11-27)18(9-13)28-2)6-5-7-15(12)21-22(25)19(29-3)10-20(30-4)23(21)26/h5-10H,11,27H2,1-4H3. The van der Waals surface area contributed by atoms with Gasteiger partial charge in [0.1, 0.15) is 11.6 Å². The first kappa shape index (κ1) is 21.5. The van der Waals surface area contributed by atoms with Crippen molar-refractivity contribution in [3.8, 4) is 39.5 Å². The normalized spacial score (nSPS) is 10.8. The van der Waals surface area contributed by atoms with Crippen molar-refractivity contribution in [1.82, 2.24) is 0 Å². The Labute approximate surface area is 173 Å². The van der Waals surface area contributed by atoms with E-state index in [9.17, 15) is 4.39 Å². The Morgan fingerprint density at radius 3 is 1.90 bits per heavy atom. The minimum atomic E-state index is -0.849. The summed E-state index contributed by atoms with van der Waals surface area (Å²) in [5, 5.41) is 0. The fourth-order valence-corrected chi connectivity index (χ4v) is 3.49. The molecule has 0 spiro atoms. The summed E-state index contributed by atoms with van der Waals surface area (Å²) in [5.74, 6) is -2.20. The molecule has 0 amide bonds. The smallest absolute Gasteiger partial charge is 0.176 e. The second-order valence-electron chi connectivity index (χ2n) is 6.61. The Bertz CT molecular complexity index is 1070. The van der Waals surface area contributed by atoms with Crippen molar-refractivity contribution in [2.45, 2.75) is 13.5 Å². The van der Waals surface area contributed by atoms with Gasteiger partial charge < -0.3 is 19.9 Å². The molecule has 0 aromatic heterocycles. The molecule has 30 heavy (non-hydrogen) atoms. The van der Waals surface area contributed by atoms with Crippen LogP contribution in [0.25, 0.3) is 22.3 Å². The molecule has 0 heterocycles. The van der Waals surface area contributed by atoms with E-state index in [2.05, 4.69) is 0 Å². The first-order valence-corrected chi connectivity index (χ1v) is 9.14. The Kier molecular flexibility index (Phi) is 6.22. The van der Waals surface area contributed by atoms with E-state index in [0.29, 0.717) is 28.0 Å². The van der Waals surface area contributed by atoms with E-state index in [0.717, 1.165) is 6.07 Å². The van der Waals surface area contributed by atoms with Gasteiger partial charge in [0, 0.05) is 18.2 Å². The summed E-state index contributed by atoms with van der Waals surface area (Å²) in [5.41, 5.74) is 7.51. The number of hydrogen-bond acceptors (Lipinski definition) is 4. The van der Waals surface area contributed by atoms with E-state index in [4.69, 9.17) is 19.9 Å². The number of hydrogen-bond donors (Lipinski definition) is 1. The number of nitrogens with two attached hydrogens (primary N) is 1. The number of rotatable bonds is 6. The van der Waals surface area contributed by atoms with Crippen LogP contribution in [0.2, 0.25) is 0 Å². The summed E-state index contributed by atoms with van der Waals surface area (Å²) in [6, 6.07) is 9.10. The molecule has 0 aliphatic carbocycles. The monoisotopic (exact) mass is 417 g/mol. The topological polar surface area (TPSA) is 53.7 Å². The van der Waals surface area contributed by atoms with Crippen molar-refractivity contribution in [3.63, 3.8) is 0 Å². The van der Waals surface area contributed by atoms with Crippen LogP contribution in [0.5, 0.6) is 17.2 Å². The van der Waals surface area contributed by atoms with Crippen LogP contribution in [-0.2, 0) is 6.54 Å². The summed E-state index contributed by atoms with van der Waals surface area (Å²) in [4.78, 5) is 0. The molecule has 0 saturated heterocycles. The lowest BCUT2D eigenvalue weighted by atomic mass is 9.91. The van der Waals surface area contributed by atoms with Gasteiger partial charge in [0.15, 0.2) is 23.1 Å². The zero-order valence-corrected chi connectivity index (χ0v) is 17.1. The summed E-state index contributed by atoms with van der Waals surface area (Å²) in [7, 11) is 4.00. The van der Waals surface area contributed by atoms with Gasteiger partial charge in [0.05, 0.1) is 26.9 Å². The number of methoxy groups -OCH3 is 3. The molecule has 2 N–H and O–H groups in total. The first-order valence-electron chi connectivity index (χ1n) is 9.14. The third-order valence-corrected chi connectivity index (χ3v) is 5.07. The fraction of sp³-hybridized carbons (Fsp3) is 0.217. The molecule has 0 atom stereocenters. The molecule has 4 nitrogen and oxygen atoms in total. The van der Waals surface area contributed by atoms with Gasteiger partial charge in [-0.25, -0.2) is 13.2 Å². The zero-order chi connectivity index (χ0) is 22.0. The largest absolute Gasteiger partial charge is 0.496 e. The van der Waals surface area contributed by atoms with Crippen molar-refractivity contribution in [1.29, 1.82) is 0 Å². The van der Waals surface area contributed by atoms with E-state index in [-0.39, 0.29) is 29.2 Å². The van der Waals surface area contributed by atoms with Gasteiger partial charge in [0.2, 0.25) is 0 Å². The molecular weight excluding hydrogens is 395 g/mol. The first-order chi connectivity index (χ1) is 14.4. The Morgan fingerprint density at radius 2 is 1.37 bits per heavy atom. The Morgan fingerprint density at radius 1 is 0.800 bits per heavy atom. The van der Waals surface area contributed by atoms with Crippen LogP contribution >= 0.6 is 0 Å². The van der Waals surface area contributed by atoms with Gasteiger partial charge in [-0.3, -0.25) is 0 Å². The molecule has 0 aliphatic heterocycles. The molecule has 158 valence electrons. The molecule has 0 unspecified atom stereocenters. The molecule has 0 fully saturated rings. The highest BCUT2D eigenvalue weighted by molar-refractivity contribution is 5.80. The van der Waals surface area contributed by atoms with Gasteiger partial charge in [-0.15, -0.1) is 0 Å². The quantitative estimate of drug-likeness (QED) is 0.597. The highest BCUT2D eigenvalue weighted by atomic mass is 19.1. The predicted molar refractivity (Wildman–Crippen MR) is 109 cm³/mol. The molecule has 7 heteroatoms. The van der Waals surface area contributed by atoms with Gasteiger partial charge in [-0.05, 0) is 41.3 Å². The molecule has 0 radical (unpaired) electrons.